The highest BCUT2D eigenvalue weighted by Crippen LogP contribution is 2.21. The van der Waals surface area contributed by atoms with E-state index in [4.69, 9.17) is 16.0 Å². The molecular weight excluding hydrogens is 298 g/mol. The third-order valence-electron chi connectivity index (χ3n) is 3.37. The summed E-state index contributed by atoms with van der Waals surface area (Å²) in [4.78, 5) is 0. The Morgan fingerprint density at radius 2 is 1.82 bits per heavy atom. The topological polar surface area (TPSA) is 51.0 Å². The van der Waals surface area contributed by atoms with E-state index < -0.39 is 0 Å². The Kier molecular flexibility index (Phi) is 4.11. The summed E-state index contributed by atoms with van der Waals surface area (Å²) >= 11 is 5.87. The van der Waals surface area contributed by atoms with Crippen molar-refractivity contribution >= 4 is 17.3 Å². The number of nitrogens with one attached hydrogen (secondary N) is 1. The van der Waals surface area contributed by atoms with E-state index in [9.17, 15) is 0 Å². The summed E-state index contributed by atoms with van der Waals surface area (Å²) in [5.74, 6) is 1.04. The number of rotatable bonds is 4. The second kappa shape index (κ2) is 6.20. The summed E-state index contributed by atoms with van der Waals surface area (Å²) in [5, 5.41) is 12.1. The van der Waals surface area contributed by atoms with Crippen LogP contribution in [0.3, 0.4) is 0 Å². The van der Waals surface area contributed by atoms with E-state index in [1.165, 1.54) is 11.1 Å². The molecule has 0 atom stereocenters. The van der Waals surface area contributed by atoms with Crippen molar-refractivity contribution in [3.05, 3.63) is 64.5 Å². The molecule has 4 nitrogen and oxygen atoms in total. The first-order valence-corrected chi connectivity index (χ1v) is 7.39. The van der Waals surface area contributed by atoms with Crippen LogP contribution in [-0.4, -0.2) is 10.2 Å². The number of nitrogens with zero attached hydrogens (tertiary/aromatic N) is 2. The molecule has 0 aliphatic rings. The first-order valence-electron chi connectivity index (χ1n) is 7.01. The fraction of sp³-hybridized carbons (Fsp3) is 0.176. The van der Waals surface area contributed by atoms with Gasteiger partial charge in [-0.3, -0.25) is 0 Å². The van der Waals surface area contributed by atoms with Gasteiger partial charge in [0, 0.05) is 16.3 Å². The van der Waals surface area contributed by atoms with E-state index in [1.54, 1.807) is 12.1 Å². The Balaban J connectivity index is 1.70. The first kappa shape index (κ1) is 14.6. The number of halogens is 1. The monoisotopic (exact) mass is 313 g/mol. The molecule has 0 aliphatic heterocycles. The van der Waals surface area contributed by atoms with E-state index in [1.807, 2.05) is 12.1 Å². The van der Waals surface area contributed by atoms with Crippen molar-refractivity contribution in [2.45, 2.75) is 20.4 Å². The molecule has 0 bridgehead atoms. The predicted octanol–water partition coefficient (Wildman–Crippen LogP) is 4.62. The highest BCUT2D eigenvalue weighted by molar-refractivity contribution is 6.30. The summed E-state index contributed by atoms with van der Waals surface area (Å²) in [6.07, 6.45) is 0. The third-order valence-corrected chi connectivity index (χ3v) is 3.62. The minimum atomic E-state index is 0.491. The molecule has 0 saturated heterocycles. The van der Waals surface area contributed by atoms with Crippen LogP contribution in [0, 0.1) is 13.8 Å². The third kappa shape index (κ3) is 3.28. The summed E-state index contributed by atoms with van der Waals surface area (Å²) in [5.41, 5.74) is 4.36. The molecule has 1 N–H and O–H groups in total. The van der Waals surface area contributed by atoms with Crippen LogP contribution in [0.15, 0.2) is 46.9 Å². The van der Waals surface area contributed by atoms with Crippen LogP contribution in [0.25, 0.3) is 11.5 Å². The average molecular weight is 314 g/mol. The lowest BCUT2D eigenvalue weighted by Crippen LogP contribution is -2.01. The van der Waals surface area contributed by atoms with Gasteiger partial charge in [-0.1, -0.05) is 29.3 Å². The minimum absolute atomic E-state index is 0.491. The van der Waals surface area contributed by atoms with Crippen LogP contribution >= 0.6 is 11.6 Å². The lowest BCUT2D eigenvalue weighted by atomic mass is 10.1. The Morgan fingerprint density at radius 1 is 1.05 bits per heavy atom. The SMILES string of the molecule is Cc1ccc(NCc2nnc(-c3ccc(Cl)cc3)o2)c(C)c1. The van der Waals surface area contributed by atoms with Crippen molar-refractivity contribution < 1.29 is 4.42 Å². The first-order chi connectivity index (χ1) is 10.6. The molecule has 0 radical (unpaired) electrons. The predicted molar refractivity (Wildman–Crippen MR) is 88.0 cm³/mol. The van der Waals surface area contributed by atoms with Gasteiger partial charge in [0.2, 0.25) is 11.8 Å². The van der Waals surface area contributed by atoms with Gasteiger partial charge >= 0.3 is 0 Å². The van der Waals surface area contributed by atoms with Crippen molar-refractivity contribution in [3.63, 3.8) is 0 Å². The highest BCUT2D eigenvalue weighted by Gasteiger charge is 2.08. The van der Waals surface area contributed by atoms with Crippen molar-refractivity contribution in [1.29, 1.82) is 0 Å². The quantitative estimate of drug-likeness (QED) is 0.763. The zero-order chi connectivity index (χ0) is 15.5. The van der Waals surface area contributed by atoms with Gasteiger partial charge in [0.15, 0.2) is 0 Å². The minimum Gasteiger partial charge on any atom is -0.419 e. The number of aromatic nitrogens is 2. The largest absolute Gasteiger partial charge is 0.419 e. The van der Waals surface area contributed by atoms with E-state index >= 15 is 0 Å². The zero-order valence-corrected chi connectivity index (χ0v) is 13.2. The van der Waals surface area contributed by atoms with Crippen molar-refractivity contribution in [2.24, 2.45) is 0 Å². The number of hydrogen-bond acceptors (Lipinski definition) is 4. The summed E-state index contributed by atoms with van der Waals surface area (Å²) in [6, 6.07) is 13.6. The molecule has 22 heavy (non-hydrogen) atoms. The molecule has 3 aromatic rings. The smallest absolute Gasteiger partial charge is 0.247 e. The standard InChI is InChI=1S/C17H16ClN3O/c1-11-3-8-15(12(2)9-11)19-10-16-20-21-17(22-16)13-4-6-14(18)7-5-13/h3-9,19H,10H2,1-2H3. The Morgan fingerprint density at radius 3 is 2.55 bits per heavy atom. The van der Waals surface area contributed by atoms with E-state index in [0.29, 0.717) is 23.3 Å². The number of anilines is 1. The van der Waals surface area contributed by atoms with E-state index in [-0.39, 0.29) is 0 Å². The second-order valence-corrected chi connectivity index (χ2v) is 5.62. The molecule has 0 saturated carbocycles. The molecule has 0 fully saturated rings. The van der Waals surface area contributed by atoms with Crippen LogP contribution in [0.1, 0.15) is 17.0 Å². The fourth-order valence-electron chi connectivity index (χ4n) is 2.22. The van der Waals surface area contributed by atoms with Crippen molar-refractivity contribution in [2.75, 3.05) is 5.32 Å². The van der Waals surface area contributed by atoms with Crippen molar-refractivity contribution in [1.82, 2.24) is 10.2 Å². The van der Waals surface area contributed by atoms with Gasteiger partial charge in [-0.2, -0.15) is 0 Å². The van der Waals surface area contributed by atoms with E-state index in [0.717, 1.165) is 11.3 Å². The van der Waals surface area contributed by atoms with Crippen LogP contribution < -0.4 is 5.32 Å². The average Bonchev–Trinajstić information content (AvgIpc) is 2.96. The van der Waals surface area contributed by atoms with Crippen molar-refractivity contribution in [3.8, 4) is 11.5 Å². The lowest BCUT2D eigenvalue weighted by molar-refractivity contribution is 0.515. The number of benzene rings is 2. The molecule has 0 amide bonds. The molecule has 5 heteroatoms. The van der Waals surface area contributed by atoms with Crippen LogP contribution in [0.2, 0.25) is 5.02 Å². The molecule has 112 valence electrons. The lowest BCUT2D eigenvalue weighted by Gasteiger charge is -2.07. The molecule has 3 rings (SSSR count). The maximum absolute atomic E-state index is 5.87. The summed E-state index contributed by atoms with van der Waals surface area (Å²) < 4.78 is 5.67. The number of aryl methyl sites for hydroxylation is 2. The van der Waals surface area contributed by atoms with Crippen LogP contribution in [0.5, 0.6) is 0 Å². The van der Waals surface area contributed by atoms with Crippen LogP contribution in [-0.2, 0) is 6.54 Å². The molecule has 1 aromatic heterocycles. The molecular formula is C17H16ClN3O. The van der Waals surface area contributed by atoms with Gasteiger partial charge in [-0.25, -0.2) is 0 Å². The molecule has 0 unspecified atom stereocenters. The Bertz CT molecular complexity index is 781. The summed E-state index contributed by atoms with van der Waals surface area (Å²) in [6.45, 7) is 4.64. The normalized spacial score (nSPS) is 10.7. The maximum Gasteiger partial charge on any atom is 0.247 e. The maximum atomic E-state index is 5.87. The molecule has 1 heterocycles. The summed E-state index contributed by atoms with van der Waals surface area (Å²) in [7, 11) is 0. The Hall–Kier alpha value is -2.33. The van der Waals surface area contributed by atoms with Gasteiger partial charge in [0.25, 0.3) is 0 Å². The van der Waals surface area contributed by atoms with Gasteiger partial charge in [-0.05, 0) is 49.7 Å². The van der Waals surface area contributed by atoms with Gasteiger partial charge in [0.05, 0.1) is 6.54 Å². The highest BCUT2D eigenvalue weighted by atomic mass is 35.5. The number of hydrogen-bond donors (Lipinski definition) is 1. The zero-order valence-electron chi connectivity index (χ0n) is 12.4. The van der Waals surface area contributed by atoms with Gasteiger partial charge < -0.3 is 9.73 Å². The van der Waals surface area contributed by atoms with Gasteiger partial charge in [0.1, 0.15) is 0 Å². The van der Waals surface area contributed by atoms with Gasteiger partial charge in [-0.15, -0.1) is 10.2 Å². The fourth-order valence-corrected chi connectivity index (χ4v) is 2.34. The Labute approximate surface area is 134 Å². The molecule has 2 aromatic carbocycles. The molecule has 0 spiro atoms. The second-order valence-electron chi connectivity index (χ2n) is 5.18. The van der Waals surface area contributed by atoms with E-state index in [2.05, 4.69) is 47.6 Å². The molecule has 0 aliphatic carbocycles. The van der Waals surface area contributed by atoms with Crippen LogP contribution in [0.4, 0.5) is 5.69 Å².